The molecule has 0 bridgehead atoms. The highest BCUT2D eigenvalue weighted by Crippen LogP contribution is 2.26. The van der Waals surface area contributed by atoms with Gasteiger partial charge in [-0.2, -0.15) is 0 Å². The Kier molecular flexibility index (Phi) is 2.37. The first-order valence-corrected chi connectivity index (χ1v) is 4.89. The molecule has 1 heterocycles. The van der Waals surface area contributed by atoms with Crippen molar-refractivity contribution in [2.75, 3.05) is 0 Å². The summed E-state index contributed by atoms with van der Waals surface area (Å²) in [5.74, 6) is 0. The maximum Gasteiger partial charge on any atom is 0.281 e. The summed E-state index contributed by atoms with van der Waals surface area (Å²) in [6.07, 6.45) is 3.41. The van der Waals surface area contributed by atoms with Crippen molar-refractivity contribution in [2.45, 2.75) is 4.90 Å². The van der Waals surface area contributed by atoms with Gasteiger partial charge >= 0.3 is 0 Å². The minimum absolute atomic E-state index is 0.414. The van der Waals surface area contributed by atoms with Gasteiger partial charge in [-0.3, -0.25) is 9.78 Å². The van der Waals surface area contributed by atoms with Gasteiger partial charge < -0.3 is 5.73 Å². The van der Waals surface area contributed by atoms with Crippen LogP contribution in [0.15, 0.2) is 41.6 Å². The van der Waals surface area contributed by atoms with Crippen molar-refractivity contribution in [3.8, 4) is 0 Å². The lowest BCUT2D eigenvalue weighted by Crippen LogP contribution is -2.01. The predicted octanol–water partition coefficient (Wildman–Crippen LogP) is 2.41. The number of rotatable bonds is 1. The van der Waals surface area contributed by atoms with Crippen LogP contribution in [-0.2, 0) is 0 Å². The number of primary amides is 1. The normalized spacial score (nSPS) is 10.3. The quantitative estimate of drug-likeness (QED) is 0.726. The van der Waals surface area contributed by atoms with Gasteiger partial charge in [-0.25, -0.2) is 0 Å². The van der Waals surface area contributed by atoms with Crippen LogP contribution in [0.2, 0.25) is 0 Å². The molecule has 0 aliphatic carbocycles. The van der Waals surface area contributed by atoms with Crippen LogP contribution in [0.25, 0.3) is 10.8 Å². The van der Waals surface area contributed by atoms with Crippen molar-refractivity contribution >= 4 is 27.8 Å². The second-order valence-corrected chi connectivity index (χ2v) is 3.83. The van der Waals surface area contributed by atoms with Gasteiger partial charge in [-0.15, -0.1) is 0 Å². The maximum atomic E-state index is 10.8. The molecule has 0 aliphatic heterocycles. The molecule has 14 heavy (non-hydrogen) atoms. The van der Waals surface area contributed by atoms with E-state index >= 15 is 0 Å². The van der Waals surface area contributed by atoms with Gasteiger partial charge in [-0.1, -0.05) is 24.3 Å². The Morgan fingerprint density at radius 3 is 2.86 bits per heavy atom. The summed E-state index contributed by atoms with van der Waals surface area (Å²) in [5, 5.41) is 1.60. The monoisotopic (exact) mass is 204 g/mol. The van der Waals surface area contributed by atoms with Crippen molar-refractivity contribution in [3.63, 3.8) is 0 Å². The zero-order valence-corrected chi connectivity index (χ0v) is 8.12. The van der Waals surface area contributed by atoms with Gasteiger partial charge in [0.2, 0.25) is 0 Å². The minimum atomic E-state index is -0.414. The number of hydrogen-bond acceptors (Lipinski definition) is 3. The number of hydrogen-bond donors (Lipinski definition) is 1. The molecule has 2 aromatic rings. The van der Waals surface area contributed by atoms with E-state index in [1.54, 1.807) is 12.4 Å². The molecule has 0 aliphatic rings. The summed E-state index contributed by atoms with van der Waals surface area (Å²) in [7, 11) is 0. The molecule has 0 atom stereocenters. The van der Waals surface area contributed by atoms with Crippen LogP contribution in [0, 0.1) is 0 Å². The largest absolute Gasteiger partial charge is 0.360 e. The average Bonchev–Trinajstić information content (AvgIpc) is 2.18. The first-order chi connectivity index (χ1) is 6.77. The lowest BCUT2D eigenvalue weighted by Gasteiger charge is -2.01. The molecule has 2 rings (SSSR count). The molecule has 1 aromatic heterocycles. The van der Waals surface area contributed by atoms with Crippen LogP contribution >= 0.6 is 11.8 Å². The van der Waals surface area contributed by atoms with Gasteiger partial charge in [0.05, 0.1) is 0 Å². The molecule has 0 saturated carbocycles. The molecule has 0 fully saturated rings. The topological polar surface area (TPSA) is 56.0 Å². The summed E-state index contributed by atoms with van der Waals surface area (Å²) in [5.41, 5.74) is 5.11. The molecule has 1 aromatic carbocycles. The number of carbonyl (C=O) groups is 1. The molecular weight excluding hydrogens is 196 g/mol. The molecule has 3 nitrogen and oxygen atoms in total. The van der Waals surface area contributed by atoms with Crippen LogP contribution < -0.4 is 5.73 Å². The van der Waals surface area contributed by atoms with Crippen LogP contribution in [0.4, 0.5) is 4.79 Å². The Bertz CT molecular complexity index is 479. The lowest BCUT2D eigenvalue weighted by atomic mass is 10.2. The Hall–Kier alpha value is -1.55. The van der Waals surface area contributed by atoms with Crippen molar-refractivity contribution in [2.24, 2.45) is 5.73 Å². The van der Waals surface area contributed by atoms with E-state index in [-0.39, 0.29) is 0 Å². The van der Waals surface area contributed by atoms with E-state index in [1.165, 1.54) is 0 Å². The van der Waals surface area contributed by atoms with Gasteiger partial charge in [0.15, 0.2) is 0 Å². The fourth-order valence-electron chi connectivity index (χ4n) is 1.28. The second kappa shape index (κ2) is 3.67. The Morgan fingerprint density at radius 1 is 1.29 bits per heavy atom. The van der Waals surface area contributed by atoms with Gasteiger partial charge in [0, 0.05) is 22.7 Å². The first kappa shape index (κ1) is 9.02. The van der Waals surface area contributed by atoms with Crippen molar-refractivity contribution in [1.82, 2.24) is 4.98 Å². The molecule has 1 amide bonds. The Labute approximate surface area is 85.3 Å². The van der Waals surface area contributed by atoms with Gasteiger partial charge in [-0.05, 0) is 17.1 Å². The smallest absolute Gasteiger partial charge is 0.281 e. The maximum absolute atomic E-state index is 10.8. The zero-order valence-electron chi connectivity index (χ0n) is 7.31. The minimum Gasteiger partial charge on any atom is -0.360 e. The first-order valence-electron chi connectivity index (χ1n) is 4.07. The SMILES string of the molecule is NC(=O)Sc1cncc2ccccc12. The summed E-state index contributed by atoms with van der Waals surface area (Å²) < 4.78 is 0. The second-order valence-electron chi connectivity index (χ2n) is 2.78. The summed E-state index contributed by atoms with van der Waals surface area (Å²) in [6.45, 7) is 0. The summed E-state index contributed by atoms with van der Waals surface area (Å²) >= 11 is 1.00. The molecule has 0 radical (unpaired) electrons. The van der Waals surface area contributed by atoms with Gasteiger partial charge in [0.1, 0.15) is 0 Å². The molecule has 0 unspecified atom stereocenters. The van der Waals surface area contributed by atoms with Crippen molar-refractivity contribution in [3.05, 3.63) is 36.7 Å². The third-order valence-corrected chi connectivity index (χ3v) is 2.59. The molecule has 70 valence electrons. The zero-order chi connectivity index (χ0) is 9.97. The Balaban J connectivity index is 2.59. The number of pyridine rings is 1. The fourth-order valence-corrected chi connectivity index (χ4v) is 1.90. The highest BCUT2D eigenvalue weighted by Gasteiger charge is 2.04. The van der Waals surface area contributed by atoms with Crippen LogP contribution in [0.5, 0.6) is 0 Å². The van der Waals surface area contributed by atoms with Gasteiger partial charge in [0.25, 0.3) is 5.24 Å². The highest BCUT2D eigenvalue weighted by molar-refractivity contribution is 8.13. The van der Waals surface area contributed by atoms with Crippen molar-refractivity contribution in [1.29, 1.82) is 0 Å². The summed E-state index contributed by atoms with van der Waals surface area (Å²) in [4.78, 5) is 15.6. The molecule has 0 saturated heterocycles. The lowest BCUT2D eigenvalue weighted by molar-refractivity contribution is 0.267. The third kappa shape index (κ3) is 1.70. The molecule has 2 N–H and O–H groups in total. The Morgan fingerprint density at radius 2 is 2.07 bits per heavy atom. The highest BCUT2D eigenvalue weighted by atomic mass is 32.2. The standard InChI is InChI=1S/C10H8N2OS/c11-10(13)14-9-6-12-5-7-3-1-2-4-8(7)9/h1-6H,(H2,11,13). The van der Waals surface area contributed by atoms with Crippen molar-refractivity contribution < 1.29 is 4.79 Å². The van der Waals surface area contributed by atoms with Crippen LogP contribution in [0.3, 0.4) is 0 Å². The van der Waals surface area contributed by atoms with E-state index in [0.717, 1.165) is 27.4 Å². The number of carbonyl (C=O) groups excluding carboxylic acids is 1. The van der Waals surface area contributed by atoms with E-state index in [1.807, 2.05) is 24.3 Å². The number of fused-ring (bicyclic) bond motifs is 1. The predicted molar refractivity (Wildman–Crippen MR) is 57.2 cm³/mol. The van der Waals surface area contributed by atoms with Crippen LogP contribution in [0.1, 0.15) is 0 Å². The molecule has 4 heteroatoms. The summed E-state index contributed by atoms with van der Waals surface area (Å²) in [6, 6.07) is 7.76. The van der Waals surface area contributed by atoms with E-state index in [0.29, 0.717) is 0 Å². The average molecular weight is 204 g/mol. The van der Waals surface area contributed by atoms with E-state index in [9.17, 15) is 4.79 Å². The van der Waals surface area contributed by atoms with E-state index in [2.05, 4.69) is 4.98 Å². The third-order valence-electron chi connectivity index (χ3n) is 1.84. The number of thioether (sulfide) groups is 1. The number of amides is 1. The fraction of sp³-hybridized carbons (Fsp3) is 0. The number of aromatic nitrogens is 1. The number of nitrogens with zero attached hydrogens (tertiary/aromatic N) is 1. The number of benzene rings is 1. The molecular formula is C10H8N2OS. The molecule has 0 spiro atoms. The number of nitrogens with two attached hydrogens (primary N) is 1. The van der Waals surface area contributed by atoms with E-state index in [4.69, 9.17) is 5.73 Å². The van der Waals surface area contributed by atoms with Crippen LogP contribution in [-0.4, -0.2) is 10.2 Å². The van der Waals surface area contributed by atoms with E-state index < -0.39 is 5.24 Å².